The molecule has 2 unspecified atom stereocenters. The maximum atomic E-state index is 14.5. The summed E-state index contributed by atoms with van der Waals surface area (Å²) >= 11 is 1.56. The zero-order chi connectivity index (χ0) is 21.9. The molecular weight excluding hydrogens is 415 g/mol. The summed E-state index contributed by atoms with van der Waals surface area (Å²) in [4.78, 5) is 12.9. The number of hydrogen-bond acceptors (Lipinski definition) is 6. The molecule has 2 aromatic rings. The molecular formula is C23H27FN4O2S. The number of thioether (sulfide) groups is 1. The van der Waals surface area contributed by atoms with Gasteiger partial charge in [0.2, 0.25) is 0 Å². The van der Waals surface area contributed by atoms with Crippen molar-refractivity contribution in [3.63, 3.8) is 0 Å². The molecule has 0 spiro atoms. The number of hydrogen-bond donors (Lipinski definition) is 1. The number of rotatable bonds is 8. The number of methoxy groups -OCH3 is 1. The van der Waals surface area contributed by atoms with Crippen molar-refractivity contribution in [3.8, 4) is 5.75 Å². The van der Waals surface area contributed by atoms with Gasteiger partial charge in [-0.2, -0.15) is 0 Å². The third kappa shape index (κ3) is 7.40. The standard InChI is InChI=1S/C23H27FN4O2S/c1-3-12-31-23(26-14-17-8-5-4-6-9-17)28-21-20(24)15-25-22(27-21)30-16-18-10-7-11-19(13-18)29-2/h4-11,13,15,20-21H,3,12,14,16H2,1-2H3,(H,26,28). The van der Waals surface area contributed by atoms with E-state index in [2.05, 4.69) is 27.2 Å². The van der Waals surface area contributed by atoms with Gasteiger partial charge in [-0.1, -0.05) is 61.2 Å². The second-order valence-corrected chi connectivity index (χ2v) is 7.90. The molecule has 0 saturated heterocycles. The summed E-state index contributed by atoms with van der Waals surface area (Å²) in [7, 11) is 1.61. The smallest absolute Gasteiger partial charge is 0.313 e. The van der Waals surface area contributed by atoms with Crippen molar-refractivity contribution in [3.05, 3.63) is 65.7 Å². The third-order valence-corrected chi connectivity index (χ3v) is 5.48. The van der Waals surface area contributed by atoms with Gasteiger partial charge < -0.3 is 14.8 Å². The lowest BCUT2D eigenvalue weighted by molar-refractivity contribution is 0.272. The lowest BCUT2D eigenvalue weighted by Crippen LogP contribution is -2.42. The number of nitrogens with one attached hydrogen (secondary N) is 1. The Bertz CT molecular complexity index is 921. The van der Waals surface area contributed by atoms with Gasteiger partial charge >= 0.3 is 6.02 Å². The van der Waals surface area contributed by atoms with Crippen molar-refractivity contribution in [2.45, 2.75) is 38.8 Å². The summed E-state index contributed by atoms with van der Waals surface area (Å²) in [6.45, 7) is 2.87. The number of alkyl halides is 1. The number of amidine groups is 2. The van der Waals surface area contributed by atoms with Crippen LogP contribution < -0.4 is 10.1 Å². The fraction of sp³-hybridized carbons (Fsp3) is 0.348. The van der Waals surface area contributed by atoms with Gasteiger partial charge in [-0.3, -0.25) is 4.99 Å². The highest BCUT2D eigenvalue weighted by Crippen LogP contribution is 2.15. The quantitative estimate of drug-likeness (QED) is 0.479. The molecule has 1 heterocycles. The van der Waals surface area contributed by atoms with E-state index < -0.39 is 12.3 Å². The number of nitrogens with zero attached hydrogens (tertiary/aromatic N) is 3. The Morgan fingerprint density at radius 3 is 2.74 bits per heavy atom. The van der Waals surface area contributed by atoms with Crippen molar-refractivity contribution >= 4 is 29.2 Å². The molecule has 0 bridgehead atoms. The fourth-order valence-electron chi connectivity index (χ4n) is 2.74. The van der Waals surface area contributed by atoms with Crippen LogP contribution in [0.2, 0.25) is 0 Å². The Balaban J connectivity index is 1.64. The van der Waals surface area contributed by atoms with E-state index >= 15 is 0 Å². The Hall–Kier alpha value is -2.87. The Morgan fingerprint density at radius 2 is 1.97 bits per heavy atom. The van der Waals surface area contributed by atoms with Crippen molar-refractivity contribution in [2.75, 3.05) is 12.9 Å². The van der Waals surface area contributed by atoms with Crippen LogP contribution in [0.3, 0.4) is 0 Å². The molecule has 0 amide bonds. The van der Waals surface area contributed by atoms with Crippen LogP contribution in [0, 0.1) is 0 Å². The van der Waals surface area contributed by atoms with Gasteiger partial charge in [0.15, 0.2) is 17.5 Å². The topological polar surface area (TPSA) is 67.6 Å². The summed E-state index contributed by atoms with van der Waals surface area (Å²) in [5, 5.41) is 3.77. The molecule has 3 rings (SSSR count). The van der Waals surface area contributed by atoms with Crippen molar-refractivity contribution < 1.29 is 13.9 Å². The van der Waals surface area contributed by atoms with Crippen molar-refractivity contribution in [1.29, 1.82) is 0 Å². The first kappa shape index (κ1) is 22.8. The molecule has 0 aliphatic carbocycles. The maximum absolute atomic E-state index is 14.5. The van der Waals surface area contributed by atoms with Gasteiger partial charge in [-0.05, 0) is 29.7 Å². The van der Waals surface area contributed by atoms with Gasteiger partial charge in [0.1, 0.15) is 12.4 Å². The number of benzene rings is 2. The fourth-order valence-corrected chi connectivity index (χ4v) is 3.50. The minimum atomic E-state index is -1.37. The maximum Gasteiger partial charge on any atom is 0.313 e. The van der Waals surface area contributed by atoms with E-state index in [0.29, 0.717) is 11.7 Å². The molecule has 2 aromatic carbocycles. The molecule has 0 fully saturated rings. The van der Waals surface area contributed by atoms with Gasteiger partial charge in [0.25, 0.3) is 0 Å². The van der Waals surface area contributed by atoms with Gasteiger partial charge in [-0.25, -0.2) is 14.4 Å². The highest BCUT2D eigenvalue weighted by Gasteiger charge is 2.25. The van der Waals surface area contributed by atoms with Crippen LogP contribution in [0.15, 0.2) is 69.6 Å². The van der Waals surface area contributed by atoms with Gasteiger partial charge in [-0.15, -0.1) is 0 Å². The summed E-state index contributed by atoms with van der Waals surface area (Å²) in [6.07, 6.45) is -0.00436. The molecule has 6 nitrogen and oxygen atoms in total. The van der Waals surface area contributed by atoms with E-state index in [-0.39, 0.29) is 12.6 Å². The molecule has 1 aliphatic rings. The zero-order valence-corrected chi connectivity index (χ0v) is 18.5. The third-order valence-electron chi connectivity index (χ3n) is 4.34. The normalized spacial score (nSPS) is 18.4. The van der Waals surface area contributed by atoms with Crippen LogP contribution >= 0.6 is 11.8 Å². The van der Waals surface area contributed by atoms with Crippen LogP contribution in [-0.2, 0) is 17.9 Å². The van der Waals surface area contributed by atoms with E-state index in [0.717, 1.165) is 29.1 Å². The average Bonchev–Trinajstić information content (AvgIpc) is 2.82. The molecule has 1 aliphatic heterocycles. The highest BCUT2D eigenvalue weighted by atomic mass is 32.2. The summed E-state index contributed by atoms with van der Waals surface area (Å²) < 4.78 is 25.4. The van der Waals surface area contributed by atoms with Crippen LogP contribution in [0.25, 0.3) is 0 Å². The first-order chi connectivity index (χ1) is 15.2. The summed E-state index contributed by atoms with van der Waals surface area (Å²) in [6, 6.07) is 17.6. The molecule has 0 saturated carbocycles. The summed E-state index contributed by atoms with van der Waals surface area (Å²) in [5.74, 6) is 1.62. The van der Waals surface area contributed by atoms with E-state index in [1.165, 1.54) is 6.21 Å². The Kier molecular flexibility index (Phi) is 8.90. The average molecular weight is 443 g/mol. The molecule has 0 radical (unpaired) electrons. The summed E-state index contributed by atoms with van der Waals surface area (Å²) in [5.41, 5.74) is 2.00. The van der Waals surface area contributed by atoms with Gasteiger partial charge in [0, 0.05) is 12.0 Å². The predicted octanol–water partition coefficient (Wildman–Crippen LogP) is 4.61. The van der Waals surface area contributed by atoms with E-state index in [4.69, 9.17) is 9.47 Å². The highest BCUT2D eigenvalue weighted by molar-refractivity contribution is 8.13. The molecule has 31 heavy (non-hydrogen) atoms. The second-order valence-electron chi connectivity index (χ2n) is 6.82. The second kappa shape index (κ2) is 12.1. The van der Waals surface area contributed by atoms with E-state index in [9.17, 15) is 4.39 Å². The minimum absolute atomic E-state index is 0.136. The predicted molar refractivity (Wildman–Crippen MR) is 126 cm³/mol. The Labute approximate surface area is 186 Å². The Morgan fingerprint density at radius 1 is 1.16 bits per heavy atom. The van der Waals surface area contributed by atoms with Crippen LogP contribution in [0.1, 0.15) is 24.5 Å². The van der Waals surface area contributed by atoms with E-state index in [1.807, 2.05) is 54.6 Å². The lowest BCUT2D eigenvalue weighted by atomic mass is 10.2. The van der Waals surface area contributed by atoms with Crippen molar-refractivity contribution in [2.24, 2.45) is 15.0 Å². The number of ether oxygens (including phenoxy) is 2. The van der Waals surface area contributed by atoms with Crippen LogP contribution in [0.4, 0.5) is 4.39 Å². The van der Waals surface area contributed by atoms with Crippen LogP contribution in [0.5, 0.6) is 5.75 Å². The largest absolute Gasteiger partial charge is 0.497 e. The molecule has 1 N–H and O–H groups in total. The molecule has 8 heteroatoms. The molecule has 2 atom stereocenters. The monoisotopic (exact) mass is 442 g/mol. The SMILES string of the molecule is CCCSC(=NCc1ccccc1)NC1N=C(OCc2cccc(OC)c2)N=CC1F. The van der Waals surface area contributed by atoms with Crippen molar-refractivity contribution in [1.82, 2.24) is 5.32 Å². The molecule has 164 valence electrons. The minimum Gasteiger partial charge on any atom is -0.497 e. The lowest BCUT2D eigenvalue weighted by Gasteiger charge is -2.22. The zero-order valence-electron chi connectivity index (χ0n) is 17.7. The van der Waals surface area contributed by atoms with Gasteiger partial charge in [0.05, 0.1) is 13.7 Å². The molecule has 0 aromatic heterocycles. The number of halogens is 1. The first-order valence-corrected chi connectivity index (χ1v) is 11.2. The number of aliphatic imine (C=N–C) groups is 3. The first-order valence-electron chi connectivity index (χ1n) is 10.2. The van der Waals surface area contributed by atoms with E-state index in [1.54, 1.807) is 18.9 Å². The van der Waals surface area contributed by atoms with Crippen LogP contribution in [-0.4, -0.2) is 42.6 Å².